The molecule has 1 aromatic heterocycles. The van der Waals surface area contributed by atoms with Crippen molar-refractivity contribution < 1.29 is 23.5 Å². The number of carboxylic acid groups (broad SMARTS) is 1. The van der Waals surface area contributed by atoms with E-state index in [2.05, 4.69) is 10.3 Å². The highest BCUT2D eigenvalue weighted by Gasteiger charge is 2.21. The molecule has 4 aromatic rings. The number of aromatic carboxylic acids is 1. The van der Waals surface area contributed by atoms with Crippen molar-refractivity contribution in [3.63, 3.8) is 0 Å². The minimum Gasteiger partial charge on any atom is -0.476 e. The highest BCUT2D eigenvalue weighted by molar-refractivity contribution is 6.04. The van der Waals surface area contributed by atoms with Gasteiger partial charge in [-0.25, -0.2) is 14.2 Å². The lowest BCUT2D eigenvalue weighted by Gasteiger charge is -2.06. The maximum Gasteiger partial charge on any atom is 0.358 e. The Hall–Kier alpha value is -4.26. The number of nitrogens with one attached hydrogen (secondary N) is 1. The van der Waals surface area contributed by atoms with E-state index < -0.39 is 17.7 Å². The molecule has 0 radical (unpaired) electrons. The molecule has 0 bridgehead atoms. The van der Waals surface area contributed by atoms with Gasteiger partial charge in [0.05, 0.1) is 0 Å². The smallest absolute Gasteiger partial charge is 0.358 e. The largest absolute Gasteiger partial charge is 0.476 e. The topological polar surface area (TPSA) is 92.4 Å². The highest BCUT2D eigenvalue weighted by Crippen LogP contribution is 2.30. The summed E-state index contributed by atoms with van der Waals surface area (Å²) in [4.78, 5) is 28.0. The zero-order valence-corrected chi connectivity index (χ0v) is 15.5. The number of carboxylic acids is 1. The summed E-state index contributed by atoms with van der Waals surface area (Å²) in [6.07, 6.45) is 0. The van der Waals surface area contributed by atoms with Gasteiger partial charge in [0.25, 0.3) is 5.91 Å². The molecule has 1 heterocycles. The van der Waals surface area contributed by atoms with Gasteiger partial charge >= 0.3 is 5.97 Å². The molecule has 0 spiro atoms. The van der Waals surface area contributed by atoms with Crippen molar-refractivity contribution in [1.82, 2.24) is 4.98 Å². The third-order valence-electron chi connectivity index (χ3n) is 4.34. The van der Waals surface area contributed by atoms with Crippen molar-refractivity contribution in [3.8, 4) is 22.8 Å². The van der Waals surface area contributed by atoms with Gasteiger partial charge in [-0.2, -0.15) is 0 Å². The summed E-state index contributed by atoms with van der Waals surface area (Å²) in [7, 11) is 0. The number of carbonyl (C=O) groups excluding carboxylic acids is 1. The number of oxazole rings is 1. The summed E-state index contributed by atoms with van der Waals surface area (Å²) >= 11 is 0. The van der Waals surface area contributed by atoms with Gasteiger partial charge in [-0.3, -0.25) is 4.79 Å². The SMILES string of the molecule is O=C(Nc1ccc(-c2oc(-c3ccccc3)nc2C(=O)O)cc1)c1cccc(F)c1. The van der Waals surface area contributed by atoms with Gasteiger partial charge < -0.3 is 14.8 Å². The molecule has 0 aliphatic heterocycles. The van der Waals surface area contributed by atoms with Crippen molar-refractivity contribution in [2.75, 3.05) is 5.32 Å². The van der Waals surface area contributed by atoms with Crippen LogP contribution in [0.25, 0.3) is 22.8 Å². The number of hydrogen-bond acceptors (Lipinski definition) is 4. The lowest BCUT2D eigenvalue weighted by Crippen LogP contribution is -2.11. The molecule has 7 heteroatoms. The average molecular weight is 402 g/mol. The van der Waals surface area contributed by atoms with E-state index in [1.807, 2.05) is 6.07 Å². The second-order valence-corrected chi connectivity index (χ2v) is 6.41. The van der Waals surface area contributed by atoms with Crippen LogP contribution in [0.5, 0.6) is 0 Å². The minimum absolute atomic E-state index is 0.115. The summed E-state index contributed by atoms with van der Waals surface area (Å²) < 4.78 is 19.0. The van der Waals surface area contributed by atoms with E-state index in [9.17, 15) is 19.1 Å². The van der Waals surface area contributed by atoms with Crippen LogP contribution >= 0.6 is 0 Å². The summed E-state index contributed by atoms with van der Waals surface area (Å²) in [6, 6.07) is 20.8. The lowest BCUT2D eigenvalue weighted by atomic mass is 10.1. The Labute approximate surface area is 170 Å². The maximum absolute atomic E-state index is 13.3. The number of benzene rings is 3. The lowest BCUT2D eigenvalue weighted by molar-refractivity contribution is 0.0691. The number of anilines is 1. The first-order valence-electron chi connectivity index (χ1n) is 8.98. The molecule has 2 N–H and O–H groups in total. The fraction of sp³-hybridized carbons (Fsp3) is 0. The standard InChI is InChI=1S/C23H15FN2O4/c24-17-8-4-7-16(13-17)21(27)25-18-11-9-14(10-12-18)20-19(23(28)29)26-22(30-20)15-5-2-1-3-6-15/h1-13H,(H,25,27)(H,28,29). The average Bonchev–Trinajstić information content (AvgIpc) is 3.21. The molecule has 0 aliphatic rings. The van der Waals surface area contributed by atoms with Crippen molar-refractivity contribution in [3.05, 3.63) is 95.9 Å². The van der Waals surface area contributed by atoms with Crippen LogP contribution in [0.4, 0.5) is 10.1 Å². The summed E-state index contributed by atoms with van der Waals surface area (Å²) in [5, 5.41) is 12.2. The summed E-state index contributed by atoms with van der Waals surface area (Å²) in [5.74, 6) is -1.85. The van der Waals surface area contributed by atoms with E-state index in [1.165, 1.54) is 18.2 Å². The normalized spacial score (nSPS) is 10.6. The van der Waals surface area contributed by atoms with Crippen molar-refractivity contribution in [2.45, 2.75) is 0 Å². The quantitative estimate of drug-likeness (QED) is 0.485. The summed E-state index contributed by atoms with van der Waals surface area (Å²) in [6.45, 7) is 0. The van der Waals surface area contributed by atoms with Gasteiger partial charge in [0.1, 0.15) is 5.82 Å². The maximum atomic E-state index is 13.3. The van der Waals surface area contributed by atoms with E-state index in [1.54, 1.807) is 48.5 Å². The molecular formula is C23H15FN2O4. The van der Waals surface area contributed by atoms with Gasteiger partial charge in [0, 0.05) is 22.4 Å². The van der Waals surface area contributed by atoms with Crippen LogP contribution in [-0.4, -0.2) is 22.0 Å². The second kappa shape index (κ2) is 8.00. The third-order valence-corrected chi connectivity index (χ3v) is 4.34. The van der Waals surface area contributed by atoms with Crippen LogP contribution < -0.4 is 5.32 Å². The van der Waals surface area contributed by atoms with Crippen LogP contribution in [0.1, 0.15) is 20.8 Å². The van der Waals surface area contributed by atoms with Crippen molar-refractivity contribution in [1.29, 1.82) is 0 Å². The fourth-order valence-corrected chi connectivity index (χ4v) is 2.90. The first kappa shape index (κ1) is 19.1. The number of nitrogens with zero attached hydrogens (tertiary/aromatic N) is 1. The number of hydrogen-bond donors (Lipinski definition) is 2. The van der Waals surface area contributed by atoms with Crippen molar-refractivity contribution >= 4 is 17.6 Å². The van der Waals surface area contributed by atoms with Gasteiger partial charge in [-0.1, -0.05) is 24.3 Å². The van der Waals surface area contributed by atoms with Gasteiger partial charge in [-0.15, -0.1) is 0 Å². The fourth-order valence-electron chi connectivity index (χ4n) is 2.90. The second-order valence-electron chi connectivity index (χ2n) is 6.41. The van der Waals surface area contributed by atoms with Crippen LogP contribution in [0, 0.1) is 5.82 Å². The first-order chi connectivity index (χ1) is 14.5. The Morgan fingerprint density at radius 2 is 1.63 bits per heavy atom. The molecule has 0 aliphatic carbocycles. The predicted molar refractivity (Wildman–Crippen MR) is 109 cm³/mol. The zero-order chi connectivity index (χ0) is 21.1. The molecule has 6 nitrogen and oxygen atoms in total. The predicted octanol–water partition coefficient (Wildman–Crippen LogP) is 5.10. The Kier molecular flexibility index (Phi) is 5.09. The molecule has 30 heavy (non-hydrogen) atoms. The third kappa shape index (κ3) is 3.95. The molecular weight excluding hydrogens is 387 g/mol. The Morgan fingerprint density at radius 3 is 2.30 bits per heavy atom. The monoisotopic (exact) mass is 402 g/mol. The van der Waals surface area contributed by atoms with E-state index in [0.29, 0.717) is 16.8 Å². The van der Waals surface area contributed by atoms with Gasteiger partial charge in [-0.05, 0) is 54.6 Å². The molecule has 0 saturated carbocycles. The molecule has 3 aromatic carbocycles. The molecule has 0 atom stereocenters. The number of halogens is 1. The minimum atomic E-state index is -1.21. The molecule has 0 saturated heterocycles. The molecule has 148 valence electrons. The van der Waals surface area contributed by atoms with Crippen LogP contribution in [0.15, 0.2) is 83.3 Å². The summed E-state index contributed by atoms with van der Waals surface area (Å²) in [5.41, 5.74) is 1.60. The molecule has 1 amide bonds. The van der Waals surface area contributed by atoms with E-state index in [0.717, 1.165) is 6.07 Å². The van der Waals surface area contributed by atoms with Gasteiger partial charge in [0.2, 0.25) is 5.89 Å². The number of rotatable bonds is 5. The zero-order valence-electron chi connectivity index (χ0n) is 15.5. The molecule has 0 unspecified atom stereocenters. The number of carbonyl (C=O) groups is 2. The van der Waals surface area contributed by atoms with Crippen LogP contribution in [0.3, 0.4) is 0 Å². The Morgan fingerprint density at radius 1 is 0.900 bits per heavy atom. The van der Waals surface area contributed by atoms with E-state index >= 15 is 0 Å². The van der Waals surface area contributed by atoms with Gasteiger partial charge in [0.15, 0.2) is 11.5 Å². The van der Waals surface area contributed by atoms with E-state index in [-0.39, 0.29) is 22.9 Å². The Bertz CT molecular complexity index is 1220. The van der Waals surface area contributed by atoms with Crippen LogP contribution in [0.2, 0.25) is 0 Å². The number of amides is 1. The first-order valence-corrected chi connectivity index (χ1v) is 8.98. The molecule has 4 rings (SSSR count). The number of aromatic nitrogens is 1. The van der Waals surface area contributed by atoms with E-state index in [4.69, 9.17) is 4.42 Å². The van der Waals surface area contributed by atoms with Crippen molar-refractivity contribution in [2.24, 2.45) is 0 Å². The Balaban J connectivity index is 1.60. The highest BCUT2D eigenvalue weighted by atomic mass is 19.1. The molecule has 0 fully saturated rings. The van der Waals surface area contributed by atoms with Crippen LogP contribution in [-0.2, 0) is 0 Å².